The van der Waals surface area contributed by atoms with Crippen LogP contribution in [-0.4, -0.2) is 46.0 Å². The van der Waals surface area contributed by atoms with Gasteiger partial charge in [-0.2, -0.15) is 5.26 Å². The van der Waals surface area contributed by atoms with E-state index in [-0.39, 0.29) is 17.1 Å². The first-order valence-electron chi connectivity index (χ1n) is 9.00. The maximum atomic E-state index is 13.5. The van der Waals surface area contributed by atoms with Gasteiger partial charge in [0.05, 0.1) is 27.1 Å². The fourth-order valence-corrected chi connectivity index (χ4v) is 3.78. The van der Waals surface area contributed by atoms with Crippen LogP contribution in [0.5, 0.6) is 0 Å². The number of halogens is 3. The average Bonchev–Trinajstić information content (AvgIpc) is 3.33. The van der Waals surface area contributed by atoms with Gasteiger partial charge in [0.1, 0.15) is 23.9 Å². The van der Waals surface area contributed by atoms with Gasteiger partial charge < -0.3 is 20.9 Å². The molecule has 0 spiro atoms. The van der Waals surface area contributed by atoms with Crippen molar-refractivity contribution in [3.8, 4) is 6.07 Å². The van der Waals surface area contributed by atoms with Gasteiger partial charge in [-0.1, -0.05) is 11.6 Å². The summed E-state index contributed by atoms with van der Waals surface area (Å²) in [6.07, 6.45) is 3.51. The summed E-state index contributed by atoms with van der Waals surface area (Å²) in [6.45, 7) is 1.01. The lowest BCUT2D eigenvalue weighted by Gasteiger charge is -2.25. The van der Waals surface area contributed by atoms with Crippen molar-refractivity contribution in [2.75, 3.05) is 24.5 Å². The van der Waals surface area contributed by atoms with Gasteiger partial charge in [-0.05, 0) is 18.6 Å². The zero-order chi connectivity index (χ0) is 21.5. The van der Waals surface area contributed by atoms with Crippen molar-refractivity contribution in [1.29, 1.82) is 5.26 Å². The van der Waals surface area contributed by atoms with Crippen molar-refractivity contribution in [2.45, 2.75) is 12.0 Å². The smallest absolute Gasteiger partial charge is 0.252 e. The molecule has 1 amide bonds. The molecule has 2 aromatic heterocycles. The molecule has 3 heterocycles. The maximum absolute atomic E-state index is 13.5. The number of hydrogen-bond acceptors (Lipinski definition) is 6. The van der Waals surface area contributed by atoms with Crippen LogP contribution in [0.1, 0.15) is 22.3 Å². The monoisotopic (exact) mass is 431 g/mol. The van der Waals surface area contributed by atoms with Crippen molar-refractivity contribution in [3.63, 3.8) is 0 Å². The SMILES string of the molecule is N#Cc1c[nH]c2ncnc(N3CC[C@](N)(CNC(=O)c4cc(F)c(F)cc4Cl)C3)c12. The predicted octanol–water partition coefficient (Wildman–Crippen LogP) is 2.10. The van der Waals surface area contributed by atoms with E-state index in [1.165, 1.54) is 6.33 Å². The Morgan fingerprint density at radius 3 is 2.93 bits per heavy atom. The molecular formula is C19H16ClF2N7O. The van der Waals surface area contributed by atoms with Crippen molar-refractivity contribution < 1.29 is 13.6 Å². The average molecular weight is 432 g/mol. The van der Waals surface area contributed by atoms with Crippen LogP contribution in [0.2, 0.25) is 5.02 Å². The molecule has 8 nitrogen and oxygen atoms in total. The molecule has 0 radical (unpaired) electrons. The first-order chi connectivity index (χ1) is 14.3. The number of benzene rings is 1. The second-order valence-corrected chi connectivity index (χ2v) is 7.61. The number of nitriles is 1. The summed E-state index contributed by atoms with van der Waals surface area (Å²) in [5.41, 5.74) is 6.47. The van der Waals surface area contributed by atoms with Crippen molar-refractivity contribution in [1.82, 2.24) is 20.3 Å². The molecule has 0 bridgehead atoms. The van der Waals surface area contributed by atoms with E-state index in [9.17, 15) is 18.8 Å². The number of aromatic amines is 1. The Balaban J connectivity index is 1.49. The molecule has 4 N–H and O–H groups in total. The molecule has 0 unspecified atom stereocenters. The fraction of sp³-hybridized carbons (Fsp3) is 0.263. The molecule has 30 heavy (non-hydrogen) atoms. The Labute approximate surface area is 174 Å². The molecule has 1 aliphatic heterocycles. The number of H-pyrrole nitrogens is 1. The minimum Gasteiger partial charge on any atom is -0.354 e. The van der Waals surface area contributed by atoms with Crippen LogP contribution in [0.25, 0.3) is 11.0 Å². The van der Waals surface area contributed by atoms with E-state index >= 15 is 0 Å². The number of fused-ring (bicyclic) bond motifs is 1. The number of rotatable bonds is 4. The third kappa shape index (κ3) is 3.53. The predicted molar refractivity (Wildman–Crippen MR) is 106 cm³/mol. The molecule has 0 aliphatic carbocycles. The lowest BCUT2D eigenvalue weighted by molar-refractivity contribution is 0.0944. The van der Waals surface area contributed by atoms with Gasteiger partial charge in [0.25, 0.3) is 5.91 Å². The number of carbonyl (C=O) groups is 1. The van der Waals surface area contributed by atoms with E-state index in [1.807, 2.05) is 4.90 Å². The molecular weight excluding hydrogens is 416 g/mol. The second kappa shape index (κ2) is 7.51. The molecule has 11 heteroatoms. The van der Waals surface area contributed by atoms with Crippen molar-refractivity contribution >= 4 is 34.4 Å². The second-order valence-electron chi connectivity index (χ2n) is 7.20. The fourth-order valence-electron chi connectivity index (χ4n) is 3.54. The highest BCUT2D eigenvalue weighted by molar-refractivity contribution is 6.33. The summed E-state index contributed by atoms with van der Waals surface area (Å²) in [7, 11) is 0. The van der Waals surface area contributed by atoms with Crippen molar-refractivity contribution in [2.24, 2.45) is 5.73 Å². The quantitative estimate of drug-likeness (QED) is 0.543. The Kier molecular flexibility index (Phi) is 5.01. The van der Waals surface area contributed by atoms with Gasteiger partial charge in [-0.15, -0.1) is 0 Å². The van der Waals surface area contributed by atoms with Gasteiger partial charge in [-0.25, -0.2) is 18.7 Å². The largest absolute Gasteiger partial charge is 0.354 e. The number of aromatic nitrogens is 3. The summed E-state index contributed by atoms with van der Waals surface area (Å²) < 4.78 is 26.7. The zero-order valence-electron chi connectivity index (χ0n) is 15.5. The molecule has 3 aromatic rings. The minimum atomic E-state index is -1.16. The Morgan fingerprint density at radius 2 is 2.17 bits per heavy atom. The first-order valence-corrected chi connectivity index (χ1v) is 9.38. The lowest BCUT2D eigenvalue weighted by Crippen LogP contribution is -2.52. The maximum Gasteiger partial charge on any atom is 0.252 e. The number of nitrogens with two attached hydrogens (primary N) is 1. The minimum absolute atomic E-state index is 0.0874. The molecule has 154 valence electrons. The third-order valence-corrected chi connectivity index (χ3v) is 5.42. The lowest BCUT2D eigenvalue weighted by atomic mass is 10.00. The summed E-state index contributed by atoms with van der Waals surface area (Å²) in [5.74, 6) is -2.35. The van der Waals surface area contributed by atoms with Crippen LogP contribution in [0, 0.1) is 23.0 Å². The van der Waals surface area contributed by atoms with E-state index in [4.69, 9.17) is 17.3 Å². The summed E-state index contributed by atoms with van der Waals surface area (Å²) in [4.78, 5) is 25.7. The topological polar surface area (TPSA) is 124 Å². The molecule has 1 aliphatic rings. The van der Waals surface area contributed by atoms with Gasteiger partial charge in [0.2, 0.25) is 0 Å². The van der Waals surface area contributed by atoms with E-state index < -0.39 is 23.1 Å². The Hall–Kier alpha value is -3.29. The van der Waals surface area contributed by atoms with E-state index in [0.717, 1.165) is 12.1 Å². The van der Waals surface area contributed by atoms with Crippen LogP contribution >= 0.6 is 11.6 Å². The Morgan fingerprint density at radius 1 is 1.40 bits per heavy atom. The van der Waals surface area contributed by atoms with E-state index in [2.05, 4.69) is 26.3 Å². The first kappa shape index (κ1) is 20.0. The van der Waals surface area contributed by atoms with Gasteiger partial charge in [-0.3, -0.25) is 4.79 Å². The third-order valence-electron chi connectivity index (χ3n) is 5.11. The summed E-state index contributed by atoms with van der Waals surface area (Å²) >= 11 is 5.85. The van der Waals surface area contributed by atoms with Gasteiger partial charge in [0, 0.05) is 25.8 Å². The van der Waals surface area contributed by atoms with Crippen LogP contribution in [0.3, 0.4) is 0 Å². The number of anilines is 1. The van der Waals surface area contributed by atoms with E-state index in [0.29, 0.717) is 41.9 Å². The van der Waals surface area contributed by atoms with Gasteiger partial charge >= 0.3 is 0 Å². The zero-order valence-corrected chi connectivity index (χ0v) is 16.3. The van der Waals surface area contributed by atoms with Crippen LogP contribution in [0.15, 0.2) is 24.7 Å². The molecule has 1 saturated heterocycles. The normalized spacial score (nSPS) is 18.6. The van der Waals surface area contributed by atoms with Crippen molar-refractivity contribution in [3.05, 3.63) is 52.4 Å². The number of nitrogens with one attached hydrogen (secondary N) is 2. The molecule has 1 atom stereocenters. The van der Waals surface area contributed by atoms with Crippen LogP contribution < -0.4 is 16.0 Å². The summed E-state index contributed by atoms with van der Waals surface area (Å²) in [5, 5.41) is 12.4. The highest BCUT2D eigenvalue weighted by atomic mass is 35.5. The highest BCUT2D eigenvalue weighted by Gasteiger charge is 2.36. The molecule has 1 fully saturated rings. The van der Waals surface area contributed by atoms with Gasteiger partial charge in [0.15, 0.2) is 11.6 Å². The van der Waals surface area contributed by atoms with Crippen LogP contribution in [0.4, 0.5) is 14.6 Å². The highest BCUT2D eigenvalue weighted by Crippen LogP contribution is 2.30. The number of hydrogen-bond donors (Lipinski definition) is 3. The van der Waals surface area contributed by atoms with E-state index in [1.54, 1.807) is 6.20 Å². The number of nitrogens with zero attached hydrogens (tertiary/aromatic N) is 4. The summed E-state index contributed by atoms with van der Waals surface area (Å²) in [6, 6.07) is 3.62. The van der Waals surface area contributed by atoms with Crippen LogP contribution in [-0.2, 0) is 0 Å². The number of amides is 1. The molecule has 1 aromatic carbocycles. The molecule has 4 rings (SSSR count). The molecule has 0 saturated carbocycles. The standard InChI is InChI=1S/C19H16ClF2N7O/c20-12-4-14(22)13(21)3-11(12)18(30)26-7-19(24)1-2-29(8-19)17-15-10(5-23)6-25-16(15)27-9-28-17/h3-4,6,9H,1-2,7-8,24H2,(H,26,30)(H,25,27,28)/t19-/m0/s1. The number of carbonyl (C=O) groups excluding carboxylic acids is 1. The Bertz CT molecular complexity index is 1190.